The number of esters is 1. The standard InChI is InChI=1S/C22H26N2O3/c1-23-20-10-6-5-9-19(20)22(26)27-16-21(25)24-13-11-18(12-14-24)15-17-7-3-2-4-8-17/h2-10,18,23H,11-16H2,1H3. The first-order chi connectivity index (χ1) is 13.2. The third kappa shape index (κ3) is 5.09. The highest BCUT2D eigenvalue weighted by Gasteiger charge is 2.24. The lowest BCUT2D eigenvalue weighted by atomic mass is 9.90. The van der Waals surface area contributed by atoms with Gasteiger partial charge in [-0.05, 0) is 42.9 Å². The van der Waals surface area contributed by atoms with Gasteiger partial charge >= 0.3 is 5.97 Å². The lowest BCUT2D eigenvalue weighted by Gasteiger charge is -2.32. The number of ether oxygens (including phenoxy) is 1. The molecule has 2 aromatic carbocycles. The maximum Gasteiger partial charge on any atom is 0.340 e. The average molecular weight is 366 g/mol. The summed E-state index contributed by atoms with van der Waals surface area (Å²) in [4.78, 5) is 26.4. The van der Waals surface area contributed by atoms with E-state index >= 15 is 0 Å². The zero-order chi connectivity index (χ0) is 19.1. The normalized spacial score (nSPS) is 14.6. The van der Waals surface area contributed by atoms with E-state index in [1.807, 2.05) is 12.1 Å². The lowest BCUT2D eigenvalue weighted by molar-refractivity contribution is -0.135. The molecule has 0 saturated carbocycles. The summed E-state index contributed by atoms with van der Waals surface area (Å²) in [7, 11) is 1.75. The number of nitrogens with one attached hydrogen (secondary N) is 1. The number of piperidine rings is 1. The van der Waals surface area contributed by atoms with E-state index in [4.69, 9.17) is 4.74 Å². The van der Waals surface area contributed by atoms with Gasteiger partial charge in [0.25, 0.3) is 5.91 Å². The summed E-state index contributed by atoms with van der Waals surface area (Å²) >= 11 is 0. The van der Waals surface area contributed by atoms with Crippen LogP contribution < -0.4 is 5.32 Å². The van der Waals surface area contributed by atoms with Crippen LogP contribution >= 0.6 is 0 Å². The second-order valence-electron chi connectivity index (χ2n) is 6.89. The van der Waals surface area contributed by atoms with Gasteiger partial charge in [0.05, 0.1) is 5.56 Å². The predicted octanol–water partition coefficient (Wildman–Crippen LogP) is 3.37. The second kappa shape index (κ2) is 9.21. The Morgan fingerprint density at radius 3 is 2.41 bits per heavy atom. The van der Waals surface area contributed by atoms with Gasteiger partial charge in [0.2, 0.25) is 0 Å². The molecule has 142 valence electrons. The van der Waals surface area contributed by atoms with Crippen molar-refractivity contribution >= 4 is 17.6 Å². The summed E-state index contributed by atoms with van der Waals surface area (Å²) < 4.78 is 5.24. The third-order valence-corrected chi connectivity index (χ3v) is 5.08. The molecule has 2 aromatic rings. The van der Waals surface area contributed by atoms with E-state index in [2.05, 4.69) is 29.6 Å². The molecule has 0 unspecified atom stereocenters. The van der Waals surface area contributed by atoms with Crippen LogP contribution in [0.4, 0.5) is 5.69 Å². The van der Waals surface area contributed by atoms with Crippen molar-refractivity contribution in [2.75, 3.05) is 32.1 Å². The fourth-order valence-electron chi connectivity index (χ4n) is 3.51. The molecular weight excluding hydrogens is 340 g/mol. The highest BCUT2D eigenvalue weighted by atomic mass is 16.5. The molecule has 27 heavy (non-hydrogen) atoms. The fourth-order valence-corrected chi connectivity index (χ4v) is 3.51. The molecule has 0 bridgehead atoms. The van der Waals surface area contributed by atoms with E-state index in [9.17, 15) is 9.59 Å². The second-order valence-corrected chi connectivity index (χ2v) is 6.89. The number of hydrogen-bond donors (Lipinski definition) is 1. The van der Waals surface area contributed by atoms with Crippen molar-refractivity contribution in [1.29, 1.82) is 0 Å². The Kier molecular flexibility index (Phi) is 6.47. The molecule has 0 spiro atoms. The summed E-state index contributed by atoms with van der Waals surface area (Å²) in [5.74, 6) is -0.00257. The van der Waals surface area contributed by atoms with Gasteiger partial charge in [0.15, 0.2) is 6.61 Å². The number of hydrogen-bond acceptors (Lipinski definition) is 4. The number of para-hydroxylation sites is 1. The van der Waals surface area contributed by atoms with Crippen LogP contribution in [0.2, 0.25) is 0 Å². The number of carbonyl (C=O) groups excluding carboxylic acids is 2. The molecular formula is C22H26N2O3. The van der Waals surface area contributed by atoms with E-state index in [0.717, 1.165) is 32.4 Å². The summed E-state index contributed by atoms with van der Waals surface area (Å²) in [5.41, 5.74) is 2.48. The monoisotopic (exact) mass is 366 g/mol. The van der Waals surface area contributed by atoms with Crippen molar-refractivity contribution in [3.05, 3.63) is 65.7 Å². The Bertz CT molecular complexity index is 768. The highest BCUT2D eigenvalue weighted by Crippen LogP contribution is 2.22. The minimum absolute atomic E-state index is 0.122. The molecule has 1 N–H and O–H groups in total. The van der Waals surface area contributed by atoms with Gasteiger partial charge < -0.3 is 15.0 Å². The van der Waals surface area contributed by atoms with Crippen molar-refractivity contribution < 1.29 is 14.3 Å². The molecule has 1 amide bonds. The van der Waals surface area contributed by atoms with E-state index < -0.39 is 5.97 Å². The Hall–Kier alpha value is -2.82. The molecule has 1 aliphatic rings. The van der Waals surface area contributed by atoms with E-state index in [1.165, 1.54) is 5.56 Å². The van der Waals surface area contributed by atoms with Crippen molar-refractivity contribution in [2.24, 2.45) is 5.92 Å². The number of carbonyl (C=O) groups is 2. The van der Waals surface area contributed by atoms with Gasteiger partial charge in [-0.3, -0.25) is 4.79 Å². The fraction of sp³-hybridized carbons (Fsp3) is 0.364. The van der Waals surface area contributed by atoms with Gasteiger partial charge in [-0.1, -0.05) is 42.5 Å². The first-order valence-electron chi connectivity index (χ1n) is 9.43. The van der Waals surface area contributed by atoms with E-state index in [1.54, 1.807) is 30.1 Å². The quantitative estimate of drug-likeness (QED) is 0.797. The summed E-state index contributed by atoms with van der Waals surface area (Å²) in [6.45, 7) is 1.24. The molecule has 5 nitrogen and oxygen atoms in total. The van der Waals surface area contributed by atoms with Gasteiger partial charge in [-0.15, -0.1) is 0 Å². The zero-order valence-electron chi connectivity index (χ0n) is 15.7. The zero-order valence-corrected chi connectivity index (χ0v) is 15.7. The average Bonchev–Trinajstić information content (AvgIpc) is 2.73. The van der Waals surface area contributed by atoms with Crippen molar-refractivity contribution in [2.45, 2.75) is 19.3 Å². The van der Waals surface area contributed by atoms with Gasteiger partial charge in [-0.25, -0.2) is 4.79 Å². The summed E-state index contributed by atoms with van der Waals surface area (Å²) in [6.07, 6.45) is 3.02. The van der Waals surface area contributed by atoms with Crippen LogP contribution in [0.3, 0.4) is 0 Å². The van der Waals surface area contributed by atoms with Crippen LogP contribution in [-0.4, -0.2) is 43.5 Å². The maximum atomic E-state index is 12.4. The summed E-state index contributed by atoms with van der Waals surface area (Å²) in [5, 5.41) is 2.96. The Morgan fingerprint density at radius 1 is 1.04 bits per heavy atom. The molecule has 1 heterocycles. The topological polar surface area (TPSA) is 58.6 Å². The largest absolute Gasteiger partial charge is 0.452 e. The van der Waals surface area contributed by atoms with Crippen LogP contribution in [0.25, 0.3) is 0 Å². The minimum Gasteiger partial charge on any atom is -0.452 e. The number of rotatable bonds is 6. The number of nitrogens with zero attached hydrogens (tertiary/aromatic N) is 1. The van der Waals surface area contributed by atoms with Gasteiger partial charge in [-0.2, -0.15) is 0 Å². The Balaban J connectivity index is 1.45. The van der Waals surface area contributed by atoms with Gasteiger partial charge in [0.1, 0.15) is 0 Å². The van der Waals surface area contributed by atoms with E-state index in [0.29, 0.717) is 17.2 Å². The first-order valence-corrected chi connectivity index (χ1v) is 9.43. The minimum atomic E-state index is -0.479. The van der Waals surface area contributed by atoms with Crippen LogP contribution in [0, 0.1) is 5.92 Å². The van der Waals surface area contributed by atoms with Crippen LogP contribution in [0.5, 0.6) is 0 Å². The first kappa shape index (κ1) is 19.0. The van der Waals surface area contributed by atoms with Crippen molar-refractivity contribution in [1.82, 2.24) is 4.90 Å². The maximum absolute atomic E-state index is 12.4. The van der Waals surface area contributed by atoms with Crippen LogP contribution in [0.1, 0.15) is 28.8 Å². The molecule has 0 aromatic heterocycles. The van der Waals surface area contributed by atoms with E-state index in [-0.39, 0.29) is 12.5 Å². The summed E-state index contributed by atoms with van der Waals surface area (Å²) in [6, 6.07) is 17.6. The van der Waals surface area contributed by atoms with Crippen molar-refractivity contribution in [3.63, 3.8) is 0 Å². The molecule has 1 saturated heterocycles. The SMILES string of the molecule is CNc1ccccc1C(=O)OCC(=O)N1CCC(Cc2ccccc2)CC1. The predicted molar refractivity (Wildman–Crippen MR) is 106 cm³/mol. The molecule has 3 rings (SSSR count). The Morgan fingerprint density at radius 2 is 1.70 bits per heavy atom. The highest BCUT2D eigenvalue weighted by molar-refractivity contribution is 5.96. The molecule has 1 fully saturated rings. The number of benzene rings is 2. The molecule has 0 radical (unpaired) electrons. The van der Waals surface area contributed by atoms with Crippen LogP contribution in [-0.2, 0) is 16.0 Å². The Labute approximate surface area is 160 Å². The van der Waals surface area contributed by atoms with Crippen molar-refractivity contribution in [3.8, 4) is 0 Å². The molecule has 0 aliphatic carbocycles. The number of amides is 1. The smallest absolute Gasteiger partial charge is 0.340 e. The van der Waals surface area contributed by atoms with Crippen LogP contribution in [0.15, 0.2) is 54.6 Å². The molecule has 5 heteroatoms. The number of likely N-dealkylation sites (tertiary alicyclic amines) is 1. The van der Waals surface area contributed by atoms with Gasteiger partial charge in [0, 0.05) is 25.8 Å². The molecule has 1 aliphatic heterocycles. The lowest BCUT2D eigenvalue weighted by Crippen LogP contribution is -2.41. The number of anilines is 1. The third-order valence-electron chi connectivity index (χ3n) is 5.08. The molecule has 0 atom stereocenters.